The zero-order valence-corrected chi connectivity index (χ0v) is 15.9. The van der Waals surface area contributed by atoms with Crippen LogP contribution in [0.25, 0.3) is 0 Å². The Bertz CT molecular complexity index is 821. The van der Waals surface area contributed by atoms with Crippen molar-refractivity contribution in [1.29, 1.82) is 0 Å². The van der Waals surface area contributed by atoms with E-state index in [9.17, 15) is 9.59 Å². The first-order valence-electron chi connectivity index (χ1n) is 8.39. The zero-order valence-electron chi connectivity index (χ0n) is 15.1. The molecule has 0 bridgehead atoms. The van der Waals surface area contributed by atoms with Crippen LogP contribution in [0.4, 0.5) is 16.2 Å². The van der Waals surface area contributed by atoms with Crippen molar-refractivity contribution in [2.24, 2.45) is 0 Å². The number of methoxy groups -OCH3 is 1. The summed E-state index contributed by atoms with van der Waals surface area (Å²) in [5.41, 5.74) is 1.31. The van der Waals surface area contributed by atoms with Gasteiger partial charge in [0, 0.05) is 36.8 Å². The Morgan fingerprint density at radius 3 is 2.88 bits per heavy atom. The molecule has 138 valence electrons. The van der Waals surface area contributed by atoms with Crippen molar-refractivity contribution < 1.29 is 14.3 Å². The van der Waals surface area contributed by atoms with Crippen LogP contribution in [0, 0.1) is 6.92 Å². The van der Waals surface area contributed by atoms with Crippen LogP contribution >= 0.6 is 11.3 Å². The third-order valence-corrected chi connectivity index (χ3v) is 5.10. The lowest BCUT2D eigenvalue weighted by atomic mass is 10.2. The van der Waals surface area contributed by atoms with E-state index in [1.165, 1.54) is 0 Å². The average molecular weight is 374 g/mol. The molecule has 0 aliphatic carbocycles. The molecule has 1 saturated heterocycles. The summed E-state index contributed by atoms with van der Waals surface area (Å²) in [6.45, 7) is 3.09. The van der Waals surface area contributed by atoms with Gasteiger partial charge in [0.2, 0.25) is 5.91 Å². The summed E-state index contributed by atoms with van der Waals surface area (Å²) < 4.78 is 5.37. The number of aromatic nitrogens is 1. The molecule has 0 unspecified atom stereocenters. The maximum Gasteiger partial charge on any atom is 0.321 e. The van der Waals surface area contributed by atoms with Crippen molar-refractivity contribution in [1.82, 2.24) is 9.88 Å². The smallest absolute Gasteiger partial charge is 0.321 e. The predicted octanol–water partition coefficient (Wildman–Crippen LogP) is 3.25. The van der Waals surface area contributed by atoms with Gasteiger partial charge in [-0.2, -0.15) is 0 Å². The highest BCUT2D eigenvalue weighted by molar-refractivity contribution is 7.11. The molecule has 1 aliphatic heterocycles. The number of carbonyl (C=O) groups is 2. The van der Waals surface area contributed by atoms with Crippen molar-refractivity contribution in [2.75, 3.05) is 30.9 Å². The van der Waals surface area contributed by atoms with Gasteiger partial charge in [-0.25, -0.2) is 9.78 Å². The highest BCUT2D eigenvalue weighted by Crippen LogP contribution is 2.34. The fourth-order valence-corrected chi connectivity index (χ4v) is 3.73. The fourth-order valence-electron chi connectivity index (χ4n) is 2.88. The van der Waals surface area contributed by atoms with Crippen LogP contribution in [-0.2, 0) is 11.3 Å². The van der Waals surface area contributed by atoms with Gasteiger partial charge in [-0.1, -0.05) is 0 Å². The first-order chi connectivity index (χ1) is 12.5. The number of nitrogens with one attached hydrogen (secondary N) is 1. The number of carbonyl (C=O) groups excluding carboxylic acids is 2. The number of urea groups is 1. The molecule has 2 aromatic rings. The quantitative estimate of drug-likeness (QED) is 0.872. The van der Waals surface area contributed by atoms with E-state index < -0.39 is 0 Å². The van der Waals surface area contributed by atoms with Crippen molar-refractivity contribution in [2.45, 2.75) is 26.3 Å². The molecule has 1 aromatic heterocycles. The number of anilines is 2. The summed E-state index contributed by atoms with van der Waals surface area (Å²) in [4.78, 5) is 33.1. The topological polar surface area (TPSA) is 74.8 Å². The van der Waals surface area contributed by atoms with Crippen molar-refractivity contribution >= 4 is 34.6 Å². The maximum absolute atomic E-state index is 12.5. The van der Waals surface area contributed by atoms with Gasteiger partial charge in [-0.05, 0) is 31.5 Å². The summed E-state index contributed by atoms with van der Waals surface area (Å²) in [6, 6.07) is 5.10. The molecule has 3 amide bonds. The summed E-state index contributed by atoms with van der Waals surface area (Å²) in [5.74, 6) is 0.691. The summed E-state index contributed by atoms with van der Waals surface area (Å²) in [7, 11) is 3.31. The first-order valence-corrected chi connectivity index (χ1v) is 9.21. The van der Waals surface area contributed by atoms with Gasteiger partial charge in [-0.3, -0.25) is 4.79 Å². The molecule has 0 saturated carbocycles. The van der Waals surface area contributed by atoms with Gasteiger partial charge in [-0.15, -0.1) is 11.3 Å². The van der Waals surface area contributed by atoms with E-state index in [0.717, 1.165) is 16.3 Å². The second-order valence-electron chi connectivity index (χ2n) is 6.17. The van der Waals surface area contributed by atoms with Crippen LogP contribution in [0.5, 0.6) is 5.75 Å². The second kappa shape index (κ2) is 7.74. The number of ether oxygens (including phenoxy) is 1. The van der Waals surface area contributed by atoms with Crippen molar-refractivity contribution in [3.8, 4) is 5.75 Å². The lowest BCUT2D eigenvalue weighted by molar-refractivity contribution is -0.117. The molecule has 3 rings (SSSR count). The number of nitrogens with zero attached hydrogens (tertiary/aromatic N) is 3. The Morgan fingerprint density at radius 1 is 1.46 bits per heavy atom. The molecule has 2 heterocycles. The number of hydrogen-bond donors (Lipinski definition) is 1. The predicted molar refractivity (Wildman–Crippen MR) is 102 cm³/mol. The molecular formula is C18H22N4O3S. The third-order valence-electron chi connectivity index (χ3n) is 4.20. The van der Waals surface area contributed by atoms with E-state index in [0.29, 0.717) is 36.6 Å². The molecule has 1 fully saturated rings. The van der Waals surface area contributed by atoms with E-state index >= 15 is 0 Å². The zero-order chi connectivity index (χ0) is 18.7. The lowest BCUT2D eigenvalue weighted by Gasteiger charge is -2.21. The standard InChI is InChI=1S/C18H22N4O3S/c1-12-19-10-14(26-12)11-21(2)18(24)20-13-6-7-16(25-3)15(9-13)22-8-4-5-17(22)23/h6-7,9-10H,4-5,8,11H2,1-3H3,(H,20,24). The van der Waals surface area contributed by atoms with Crippen LogP contribution in [0.1, 0.15) is 22.7 Å². The highest BCUT2D eigenvalue weighted by atomic mass is 32.1. The van der Waals surface area contributed by atoms with E-state index in [1.54, 1.807) is 59.7 Å². The molecule has 0 spiro atoms. The monoisotopic (exact) mass is 374 g/mol. The number of benzene rings is 1. The molecule has 26 heavy (non-hydrogen) atoms. The Labute approximate surface area is 156 Å². The van der Waals surface area contributed by atoms with Crippen molar-refractivity contribution in [3.63, 3.8) is 0 Å². The normalized spacial score (nSPS) is 13.8. The minimum absolute atomic E-state index is 0.0736. The molecule has 0 atom stereocenters. The molecule has 1 N–H and O–H groups in total. The number of aryl methyl sites for hydroxylation is 1. The summed E-state index contributed by atoms with van der Waals surface area (Å²) >= 11 is 1.57. The van der Waals surface area contributed by atoms with Crippen LogP contribution in [0.3, 0.4) is 0 Å². The number of hydrogen-bond acceptors (Lipinski definition) is 5. The van der Waals surface area contributed by atoms with Gasteiger partial charge in [0.15, 0.2) is 0 Å². The Hall–Kier alpha value is -2.61. The van der Waals surface area contributed by atoms with Crippen LogP contribution in [-0.4, -0.2) is 42.5 Å². The SMILES string of the molecule is COc1ccc(NC(=O)N(C)Cc2cnc(C)s2)cc1N1CCCC1=O. The second-order valence-corrected chi connectivity index (χ2v) is 7.49. The summed E-state index contributed by atoms with van der Waals surface area (Å²) in [6.07, 6.45) is 3.15. The van der Waals surface area contributed by atoms with Crippen LogP contribution in [0.15, 0.2) is 24.4 Å². The van der Waals surface area contributed by atoms with Gasteiger partial charge in [0.25, 0.3) is 0 Å². The molecule has 7 nitrogen and oxygen atoms in total. The Kier molecular flexibility index (Phi) is 5.41. The largest absolute Gasteiger partial charge is 0.495 e. The third kappa shape index (κ3) is 3.96. The minimum atomic E-state index is -0.222. The number of rotatable bonds is 5. The molecular weight excluding hydrogens is 352 g/mol. The van der Waals surface area contributed by atoms with E-state index in [4.69, 9.17) is 4.74 Å². The molecule has 1 aromatic carbocycles. The average Bonchev–Trinajstić information content (AvgIpc) is 3.22. The Morgan fingerprint density at radius 2 is 2.27 bits per heavy atom. The van der Waals surface area contributed by atoms with Crippen LogP contribution < -0.4 is 15.0 Å². The van der Waals surface area contributed by atoms with Gasteiger partial charge < -0.3 is 19.9 Å². The summed E-state index contributed by atoms with van der Waals surface area (Å²) in [5, 5.41) is 3.85. The first kappa shape index (κ1) is 18.2. The molecule has 0 radical (unpaired) electrons. The fraction of sp³-hybridized carbons (Fsp3) is 0.389. The number of amides is 3. The van der Waals surface area contributed by atoms with Crippen molar-refractivity contribution in [3.05, 3.63) is 34.3 Å². The van der Waals surface area contributed by atoms with Crippen LogP contribution in [0.2, 0.25) is 0 Å². The van der Waals surface area contributed by atoms with E-state index in [-0.39, 0.29) is 11.9 Å². The molecule has 8 heteroatoms. The Balaban J connectivity index is 1.72. The minimum Gasteiger partial charge on any atom is -0.495 e. The van der Waals surface area contributed by atoms with Gasteiger partial charge >= 0.3 is 6.03 Å². The van der Waals surface area contributed by atoms with Gasteiger partial charge in [0.1, 0.15) is 5.75 Å². The van der Waals surface area contributed by atoms with Gasteiger partial charge in [0.05, 0.1) is 24.3 Å². The maximum atomic E-state index is 12.5. The van der Waals surface area contributed by atoms with E-state index in [2.05, 4.69) is 10.3 Å². The molecule has 1 aliphatic rings. The lowest BCUT2D eigenvalue weighted by Crippen LogP contribution is -2.30. The van der Waals surface area contributed by atoms with E-state index in [1.807, 2.05) is 6.92 Å². The highest BCUT2D eigenvalue weighted by Gasteiger charge is 2.25. The number of thiazole rings is 1.